The maximum absolute atomic E-state index is 5.58. The van der Waals surface area contributed by atoms with Crippen LogP contribution in [0, 0.1) is 0 Å². The van der Waals surface area contributed by atoms with Crippen molar-refractivity contribution in [3.63, 3.8) is 0 Å². The number of rotatable bonds is 5. The molecule has 0 radical (unpaired) electrons. The van der Waals surface area contributed by atoms with Gasteiger partial charge in [0.15, 0.2) is 0 Å². The molecule has 1 unspecified atom stereocenters. The van der Waals surface area contributed by atoms with Crippen LogP contribution in [0.4, 0.5) is 11.8 Å². The van der Waals surface area contributed by atoms with E-state index in [0.717, 1.165) is 11.6 Å². The van der Waals surface area contributed by atoms with E-state index in [9.17, 15) is 0 Å². The van der Waals surface area contributed by atoms with Gasteiger partial charge in [-0.3, -0.25) is 0 Å². The zero-order chi connectivity index (χ0) is 13.0. The lowest BCUT2D eigenvalue weighted by atomic mass is 10.2. The summed E-state index contributed by atoms with van der Waals surface area (Å²) in [7, 11) is 1.55. The number of hydrogen-bond acceptors (Lipinski definition) is 7. The van der Waals surface area contributed by atoms with Gasteiger partial charge in [-0.1, -0.05) is 6.92 Å². The standard InChI is InChI=1S/C11H15N5OS/c1-7(10-13-3-4-18-10)6-14-8-5-9(17-2)16-11(12)15-8/h3-5,7H,6H2,1-2H3,(H3,12,14,15,16). The fraction of sp³-hybridized carbons (Fsp3) is 0.364. The van der Waals surface area contributed by atoms with Gasteiger partial charge < -0.3 is 15.8 Å². The number of thiazole rings is 1. The minimum atomic E-state index is 0.193. The number of nitrogens with one attached hydrogen (secondary N) is 1. The Balaban J connectivity index is 1.99. The van der Waals surface area contributed by atoms with E-state index in [-0.39, 0.29) is 5.95 Å². The average molecular weight is 265 g/mol. The summed E-state index contributed by atoms with van der Waals surface area (Å²) in [5, 5.41) is 6.27. The highest BCUT2D eigenvalue weighted by atomic mass is 32.1. The van der Waals surface area contributed by atoms with E-state index in [4.69, 9.17) is 10.5 Å². The molecule has 0 aliphatic rings. The summed E-state index contributed by atoms with van der Waals surface area (Å²) < 4.78 is 5.03. The van der Waals surface area contributed by atoms with Crippen LogP contribution < -0.4 is 15.8 Å². The van der Waals surface area contributed by atoms with E-state index in [2.05, 4.69) is 27.2 Å². The Morgan fingerprint density at radius 3 is 3.00 bits per heavy atom. The van der Waals surface area contributed by atoms with Gasteiger partial charge in [-0.25, -0.2) is 4.98 Å². The second-order valence-electron chi connectivity index (χ2n) is 3.81. The number of nitrogen functional groups attached to an aromatic ring is 1. The third-order valence-electron chi connectivity index (χ3n) is 2.39. The molecule has 2 aromatic heterocycles. The summed E-state index contributed by atoms with van der Waals surface area (Å²) in [5.74, 6) is 1.61. The molecule has 0 aliphatic heterocycles. The third kappa shape index (κ3) is 3.07. The molecule has 1 atom stereocenters. The summed E-state index contributed by atoms with van der Waals surface area (Å²) in [4.78, 5) is 12.3. The third-order valence-corrected chi connectivity index (χ3v) is 3.40. The summed E-state index contributed by atoms with van der Waals surface area (Å²) in [5.41, 5.74) is 5.58. The minimum Gasteiger partial charge on any atom is -0.481 e. The van der Waals surface area contributed by atoms with Crippen molar-refractivity contribution in [1.29, 1.82) is 0 Å². The molecule has 7 heteroatoms. The zero-order valence-electron chi connectivity index (χ0n) is 10.3. The summed E-state index contributed by atoms with van der Waals surface area (Å²) >= 11 is 1.64. The lowest BCUT2D eigenvalue weighted by molar-refractivity contribution is 0.398. The predicted molar refractivity (Wildman–Crippen MR) is 72.0 cm³/mol. The van der Waals surface area contributed by atoms with Crippen molar-refractivity contribution in [3.8, 4) is 5.88 Å². The van der Waals surface area contributed by atoms with Crippen LogP contribution >= 0.6 is 11.3 Å². The average Bonchev–Trinajstić information content (AvgIpc) is 2.89. The Labute approximate surface area is 109 Å². The van der Waals surface area contributed by atoms with Crippen molar-refractivity contribution in [2.24, 2.45) is 0 Å². The minimum absolute atomic E-state index is 0.193. The molecular weight excluding hydrogens is 250 g/mol. The van der Waals surface area contributed by atoms with E-state index in [1.54, 1.807) is 24.5 Å². The molecule has 0 saturated heterocycles. The molecule has 0 aromatic carbocycles. The van der Waals surface area contributed by atoms with Gasteiger partial charge in [-0.15, -0.1) is 11.3 Å². The SMILES string of the molecule is COc1cc(NCC(C)c2nccs2)nc(N)n1. The highest BCUT2D eigenvalue weighted by molar-refractivity contribution is 7.09. The van der Waals surface area contributed by atoms with Crippen LogP contribution in [-0.4, -0.2) is 28.6 Å². The van der Waals surface area contributed by atoms with Crippen LogP contribution in [0.25, 0.3) is 0 Å². The molecule has 2 aromatic rings. The van der Waals surface area contributed by atoms with Gasteiger partial charge in [-0.05, 0) is 0 Å². The van der Waals surface area contributed by atoms with Crippen LogP contribution in [-0.2, 0) is 0 Å². The first kappa shape index (κ1) is 12.6. The molecular formula is C11H15N5OS. The van der Waals surface area contributed by atoms with Gasteiger partial charge in [0.1, 0.15) is 5.82 Å². The lowest BCUT2D eigenvalue weighted by Crippen LogP contribution is -2.11. The fourth-order valence-corrected chi connectivity index (χ4v) is 2.16. The van der Waals surface area contributed by atoms with Crippen LogP contribution in [0.5, 0.6) is 5.88 Å². The van der Waals surface area contributed by atoms with Gasteiger partial charge >= 0.3 is 0 Å². The smallest absolute Gasteiger partial charge is 0.225 e. The van der Waals surface area contributed by atoms with Gasteiger partial charge in [0.2, 0.25) is 11.8 Å². The highest BCUT2D eigenvalue weighted by Gasteiger charge is 2.09. The molecule has 0 amide bonds. The predicted octanol–water partition coefficient (Wildman–Crippen LogP) is 1.74. The first-order chi connectivity index (χ1) is 8.69. The first-order valence-corrected chi connectivity index (χ1v) is 6.39. The molecule has 96 valence electrons. The maximum Gasteiger partial charge on any atom is 0.225 e. The topological polar surface area (TPSA) is 86.0 Å². The number of aromatic nitrogens is 3. The highest BCUT2D eigenvalue weighted by Crippen LogP contribution is 2.19. The Hall–Kier alpha value is -1.89. The quantitative estimate of drug-likeness (QED) is 0.856. The lowest BCUT2D eigenvalue weighted by Gasteiger charge is -2.11. The molecule has 2 rings (SSSR count). The molecule has 2 heterocycles. The summed E-state index contributed by atoms with van der Waals surface area (Å²) in [6, 6.07) is 1.71. The van der Waals surface area contributed by atoms with Crippen LogP contribution in [0.2, 0.25) is 0 Å². The zero-order valence-corrected chi connectivity index (χ0v) is 11.1. The second-order valence-corrected chi connectivity index (χ2v) is 4.73. The number of hydrogen-bond donors (Lipinski definition) is 2. The van der Waals surface area contributed by atoms with Crippen molar-refractivity contribution < 1.29 is 4.74 Å². The van der Waals surface area contributed by atoms with Crippen LogP contribution in [0.15, 0.2) is 17.6 Å². The Morgan fingerprint density at radius 1 is 1.50 bits per heavy atom. The number of ether oxygens (including phenoxy) is 1. The molecule has 0 spiro atoms. The maximum atomic E-state index is 5.58. The molecule has 0 fully saturated rings. The van der Waals surface area contributed by atoms with E-state index >= 15 is 0 Å². The molecule has 18 heavy (non-hydrogen) atoms. The number of nitrogens with zero attached hydrogens (tertiary/aromatic N) is 3. The van der Waals surface area contributed by atoms with Crippen LogP contribution in [0.3, 0.4) is 0 Å². The summed E-state index contributed by atoms with van der Waals surface area (Å²) in [6.07, 6.45) is 1.81. The second kappa shape index (κ2) is 5.63. The van der Waals surface area contributed by atoms with E-state index in [1.807, 2.05) is 11.6 Å². The van der Waals surface area contributed by atoms with Gasteiger partial charge in [0, 0.05) is 30.1 Å². The van der Waals surface area contributed by atoms with Crippen molar-refractivity contribution in [3.05, 3.63) is 22.7 Å². The largest absolute Gasteiger partial charge is 0.481 e. The van der Waals surface area contributed by atoms with Gasteiger partial charge in [-0.2, -0.15) is 9.97 Å². The van der Waals surface area contributed by atoms with E-state index in [1.165, 1.54) is 0 Å². The number of methoxy groups -OCH3 is 1. The summed E-state index contributed by atoms with van der Waals surface area (Å²) in [6.45, 7) is 2.83. The fourth-order valence-electron chi connectivity index (χ4n) is 1.46. The van der Waals surface area contributed by atoms with Gasteiger partial charge in [0.05, 0.1) is 12.1 Å². The first-order valence-electron chi connectivity index (χ1n) is 5.51. The Bertz CT molecular complexity index is 502. The van der Waals surface area contributed by atoms with Crippen molar-refractivity contribution in [1.82, 2.24) is 15.0 Å². The Morgan fingerprint density at radius 2 is 2.33 bits per heavy atom. The van der Waals surface area contributed by atoms with Crippen molar-refractivity contribution >= 4 is 23.1 Å². The Kier molecular flexibility index (Phi) is 3.93. The molecule has 6 nitrogen and oxygen atoms in total. The molecule has 3 N–H and O–H groups in total. The number of anilines is 2. The van der Waals surface area contributed by atoms with Gasteiger partial charge in [0.25, 0.3) is 0 Å². The monoisotopic (exact) mass is 265 g/mol. The molecule has 0 saturated carbocycles. The number of nitrogens with two attached hydrogens (primary N) is 1. The van der Waals surface area contributed by atoms with Crippen molar-refractivity contribution in [2.45, 2.75) is 12.8 Å². The molecule has 0 aliphatic carbocycles. The normalized spacial score (nSPS) is 12.1. The van der Waals surface area contributed by atoms with Crippen molar-refractivity contribution in [2.75, 3.05) is 24.7 Å². The van der Waals surface area contributed by atoms with Crippen LogP contribution in [0.1, 0.15) is 17.8 Å². The van der Waals surface area contributed by atoms with E-state index < -0.39 is 0 Å². The molecule has 0 bridgehead atoms. The van der Waals surface area contributed by atoms with E-state index in [0.29, 0.717) is 17.6 Å².